The lowest BCUT2D eigenvalue weighted by Crippen LogP contribution is -2.30. The van der Waals surface area contributed by atoms with Crippen molar-refractivity contribution >= 4 is 23.2 Å². The van der Waals surface area contributed by atoms with Gasteiger partial charge >= 0.3 is 0 Å². The van der Waals surface area contributed by atoms with Crippen LogP contribution in [0.25, 0.3) is 0 Å². The predicted octanol–water partition coefficient (Wildman–Crippen LogP) is 4.25. The maximum Gasteiger partial charge on any atom is 0.229 e. The summed E-state index contributed by atoms with van der Waals surface area (Å²) in [6, 6.07) is 10.9. The van der Waals surface area contributed by atoms with Crippen LogP contribution in [-0.2, 0) is 15.0 Å². The maximum atomic E-state index is 14.0. The Kier molecular flexibility index (Phi) is 5.00. The second-order valence-corrected chi connectivity index (χ2v) is 7.76. The number of halogens is 2. The third kappa shape index (κ3) is 3.84. The highest BCUT2D eigenvalue weighted by molar-refractivity contribution is 6.03. The normalized spacial score (nSPS) is 17.3. The van der Waals surface area contributed by atoms with Crippen LogP contribution in [-0.4, -0.2) is 18.4 Å². The van der Waals surface area contributed by atoms with E-state index in [9.17, 15) is 18.4 Å². The zero-order valence-corrected chi connectivity index (χ0v) is 15.6. The minimum absolute atomic E-state index is 0.0554. The Bertz CT molecular complexity index is 870. The minimum atomic E-state index is -0.817. The molecule has 0 aromatic heterocycles. The lowest BCUT2D eigenvalue weighted by molar-refractivity contribution is -0.122. The first-order valence-electron chi connectivity index (χ1n) is 8.83. The fourth-order valence-electron chi connectivity index (χ4n) is 3.33. The summed E-state index contributed by atoms with van der Waals surface area (Å²) in [4.78, 5) is 26.0. The van der Waals surface area contributed by atoms with E-state index < -0.39 is 29.1 Å². The number of amides is 2. The third-order valence-corrected chi connectivity index (χ3v) is 4.70. The zero-order valence-electron chi connectivity index (χ0n) is 15.6. The van der Waals surface area contributed by atoms with Crippen molar-refractivity contribution in [3.63, 3.8) is 0 Å². The van der Waals surface area contributed by atoms with E-state index in [0.29, 0.717) is 5.69 Å². The second-order valence-electron chi connectivity index (χ2n) is 7.76. The van der Waals surface area contributed by atoms with Crippen molar-refractivity contribution in [3.05, 3.63) is 59.7 Å². The van der Waals surface area contributed by atoms with Crippen LogP contribution < -0.4 is 10.2 Å². The molecule has 1 atom stereocenters. The Labute approximate surface area is 157 Å². The van der Waals surface area contributed by atoms with Crippen molar-refractivity contribution in [3.8, 4) is 0 Å². The van der Waals surface area contributed by atoms with E-state index in [4.69, 9.17) is 0 Å². The van der Waals surface area contributed by atoms with E-state index >= 15 is 0 Å². The van der Waals surface area contributed by atoms with Gasteiger partial charge < -0.3 is 10.2 Å². The van der Waals surface area contributed by atoms with E-state index in [2.05, 4.69) is 5.32 Å². The number of anilines is 2. The summed E-state index contributed by atoms with van der Waals surface area (Å²) in [5.41, 5.74) is 1.09. The van der Waals surface area contributed by atoms with Gasteiger partial charge in [-0.3, -0.25) is 9.59 Å². The molecule has 0 saturated carbocycles. The van der Waals surface area contributed by atoms with Gasteiger partial charge in [0.1, 0.15) is 17.3 Å². The molecule has 0 spiro atoms. The molecule has 1 fully saturated rings. The van der Waals surface area contributed by atoms with Crippen LogP contribution in [0.4, 0.5) is 20.2 Å². The Balaban J connectivity index is 1.80. The second kappa shape index (κ2) is 7.10. The van der Waals surface area contributed by atoms with Crippen LogP contribution in [0.3, 0.4) is 0 Å². The summed E-state index contributed by atoms with van der Waals surface area (Å²) in [5, 5.41) is 2.88. The molecule has 3 rings (SSSR count). The molecular weight excluding hydrogens is 350 g/mol. The molecule has 1 heterocycles. The Morgan fingerprint density at radius 3 is 2.33 bits per heavy atom. The van der Waals surface area contributed by atoms with E-state index in [1.165, 1.54) is 6.07 Å². The summed E-state index contributed by atoms with van der Waals surface area (Å²) < 4.78 is 28.0. The fraction of sp³-hybridized carbons (Fsp3) is 0.333. The van der Waals surface area contributed by atoms with Crippen LogP contribution in [0.15, 0.2) is 42.5 Å². The molecule has 142 valence electrons. The summed E-state index contributed by atoms with van der Waals surface area (Å²) in [7, 11) is 0. The monoisotopic (exact) mass is 372 g/mol. The Morgan fingerprint density at radius 2 is 1.70 bits per heavy atom. The highest BCUT2D eigenvalue weighted by Crippen LogP contribution is 2.32. The standard InChI is InChI=1S/C21H22F2N2O2/c1-21(2,3)14-7-4-5-10-17(14)24-20(27)13-11-18(26)25(12-13)19-15(22)8-6-9-16(19)23/h4-10,13H,11-12H2,1-3H3,(H,24,27). The van der Waals surface area contributed by atoms with Crippen molar-refractivity contribution in [1.29, 1.82) is 0 Å². The van der Waals surface area contributed by atoms with Crippen LogP contribution in [0, 0.1) is 17.6 Å². The predicted molar refractivity (Wildman–Crippen MR) is 101 cm³/mol. The average molecular weight is 372 g/mol. The van der Waals surface area contributed by atoms with Gasteiger partial charge in [0, 0.05) is 18.7 Å². The molecule has 1 saturated heterocycles. The number of hydrogen-bond acceptors (Lipinski definition) is 2. The first-order valence-corrected chi connectivity index (χ1v) is 8.83. The van der Waals surface area contributed by atoms with Gasteiger partial charge in [-0.15, -0.1) is 0 Å². The van der Waals surface area contributed by atoms with Gasteiger partial charge in [0.25, 0.3) is 0 Å². The lowest BCUT2D eigenvalue weighted by atomic mass is 9.85. The van der Waals surface area contributed by atoms with Crippen molar-refractivity contribution < 1.29 is 18.4 Å². The molecule has 0 bridgehead atoms. The van der Waals surface area contributed by atoms with Crippen molar-refractivity contribution in [1.82, 2.24) is 0 Å². The number of hydrogen-bond donors (Lipinski definition) is 1. The molecule has 27 heavy (non-hydrogen) atoms. The van der Waals surface area contributed by atoms with Crippen molar-refractivity contribution in [2.24, 2.45) is 5.92 Å². The molecule has 0 aliphatic carbocycles. The highest BCUT2D eigenvalue weighted by atomic mass is 19.1. The Hall–Kier alpha value is -2.76. The van der Waals surface area contributed by atoms with Gasteiger partial charge in [-0.2, -0.15) is 0 Å². The number of rotatable bonds is 3. The molecule has 4 nitrogen and oxygen atoms in total. The van der Waals surface area contributed by atoms with Crippen molar-refractivity contribution in [2.75, 3.05) is 16.8 Å². The van der Waals surface area contributed by atoms with E-state index in [1.807, 2.05) is 45.0 Å². The lowest BCUT2D eigenvalue weighted by Gasteiger charge is -2.23. The molecule has 0 radical (unpaired) electrons. The molecule has 2 amide bonds. The zero-order chi connectivity index (χ0) is 19.8. The molecule has 1 N–H and O–H groups in total. The van der Waals surface area contributed by atoms with Gasteiger partial charge in [-0.25, -0.2) is 8.78 Å². The largest absolute Gasteiger partial charge is 0.326 e. The number of carbonyl (C=O) groups is 2. The van der Waals surface area contributed by atoms with Crippen LogP contribution in [0.2, 0.25) is 0 Å². The van der Waals surface area contributed by atoms with Gasteiger partial charge in [0.15, 0.2) is 0 Å². The first kappa shape index (κ1) is 19.0. The quantitative estimate of drug-likeness (QED) is 0.875. The van der Waals surface area contributed by atoms with Gasteiger partial charge in [0.2, 0.25) is 11.8 Å². The highest BCUT2D eigenvalue weighted by Gasteiger charge is 2.37. The molecule has 6 heteroatoms. The number of nitrogens with zero attached hydrogens (tertiary/aromatic N) is 1. The summed E-state index contributed by atoms with van der Waals surface area (Å²) >= 11 is 0. The SMILES string of the molecule is CC(C)(C)c1ccccc1NC(=O)C1CC(=O)N(c2c(F)cccc2F)C1. The number of carbonyl (C=O) groups excluding carboxylic acids is 2. The van der Waals surface area contributed by atoms with Crippen LogP contribution in [0.5, 0.6) is 0 Å². The molecule has 1 aliphatic heterocycles. The Morgan fingerprint density at radius 1 is 1.07 bits per heavy atom. The van der Waals surface area contributed by atoms with Crippen LogP contribution in [0.1, 0.15) is 32.8 Å². The van der Waals surface area contributed by atoms with E-state index in [-0.39, 0.29) is 24.3 Å². The summed E-state index contributed by atoms with van der Waals surface area (Å²) in [5.74, 6) is -3.11. The number of para-hydroxylation sites is 2. The number of nitrogens with one attached hydrogen (secondary N) is 1. The molecular formula is C21H22F2N2O2. The number of benzene rings is 2. The third-order valence-electron chi connectivity index (χ3n) is 4.70. The molecule has 2 aromatic carbocycles. The smallest absolute Gasteiger partial charge is 0.229 e. The topological polar surface area (TPSA) is 49.4 Å². The van der Waals surface area contributed by atoms with Gasteiger partial charge in [-0.05, 0) is 29.2 Å². The van der Waals surface area contributed by atoms with E-state index in [1.54, 1.807) is 0 Å². The van der Waals surface area contributed by atoms with Crippen LogP contribution >= 0.6 is 0 Å². The molecule has 2 aromatic rings. The van der Waals surface area contributed by atoms with Crippen molar-refractivity contribution in [2.45, 2.75) is 32.6 Å². The summed E-state index contributed by atoms with van der Waals surface area (Å²) in [6.45, 7) is 6.07. The fourth-order valence-corrected chi connectivity index (χ4v) is 3.33. The van der Waals surface area contributed by atoms with Gasteiger partial charge in [-0.1, -0.05) is 45.0 Å². The molecule has 1 aliphatic rings. The maximum absolute atomic E-state index is 14.0. The van der Waals surface area contributed by atoms with E-state index in [0.717, 1.165) is 22.6 Å². The first-order chi connectivity index (χ1) is 12.7. The average Bonchev–Trinajstić information content (AvgIpc) is 2.96. The summed E-state index contributed by atoms with van der Waals surface area (Å²) in [6.07, 6.45) is -0.0860. The molecule has 1 unspecified atom stereocenters. The minimum Gasteiger partial charge on any atom is -0.326 e. The van der Waals surface area contributed by atoms with Gasteiger partial charge in [0.05, 0.1) is 5.92 Å².